The van der Waals surface area contributed by atoms with Gasteiger partial charge >= 0.3 is 0 Å². The zero-order valence-corrected chi connectivity index (χ0v) is 11.1. The number of amides is 2. The minimum atomic E-state index is -0.392. The van der Waals surface area contributed by atoms with E-state index < -0.39 is 5.91 Å². The fourth-order valence-corrected chi connectivity index (χ4v) is 1.43. The molecule has 1 aromatic carbocycles. The van der Waals surface area contributed by atoms with E-state index in [1.807, 2.05) is 0 Å². The Kier molecular flexibility index (Phi) is 5.00. The highest BCUT2D eigenvalue weighted by molar-refractivity contribution is 6.05. The van der Waals surface area contributed by atoms with Gasteiger partial charge in [-0.2, -0.15) is 0 Å². The van der Waals surface area contributed by atoms with Crippen molar-refractivity contribution in [1.29, 1.82) is 0 Å². The van der Waals surface area contributed by atoms with Crippen LogP contribution < -0.4 is 10.6 Å². The van der Waals surface area contributed by atoms with E-state index in [0.29, 0.717) is 16.8 Å². The Morgan fingerprint density at radius 2 is 1.63 bits per heavy atom. The van der Waals surface area contributed by atoms with Gasteiger partial charge in [-0.1, -0.05) is 0 Å². The van der Waals surface area contributed by atoms with Gasteiger partial charge < -0.3 is 10.6 Å². The maximum absolute atomic E-state index is 11.6. The molecule has 0 unspecified atom stereocenters. The lowest BCUT2D eigenvalue weighted by Gasteiger charge is -2.04. The number of hydrogen-bond acceptors (Lipinski definition) is 3. The molecule has 2 amide bonds. The number of rotatable bonds is 4. The molecule has 100 valence electrons. The lowest BCUT2D eigenvalue weighted by molar-refractivity contribution is -0.117. The van der Waals surface area contributed by atoms with E-state index >= 15 is 0 Å². The number of Topliss-reactive ketones (excluding diaryl/α,β-unsaturated/α-hetero) is 1. The Morgan fingerprint density at radius 1 is 1.05 bits per heavy atom. The van der Waals surface area contributed by atoms with Crippen LogP contribution in [0.1, 0.15) is 24.2 Å². The average molecular weight is 260 g/mol. The molecular formula is C14H16N2O3. The Bertz CT molecular complexity index is 530. The fraction of sp³-hybridized carbons (Fsp3) is 0.214. The summed E-state index contributed by atoms with van der Waals surface area (Å²) in [6.45, 7) is 3.03. The van der Waals surface area contributed by atoms with Crippen molar-refractivity contribution < 1.29 is 14.4 Å². The Morgan fingerprint density at radius 3 is 2.11 bits per heavy atom. The summed E-state index contributed by atoms with van der Waals surface area (Å²) >= 11 is 0. The summed E-state index contributed by atoms with van der Waals surface area (Å²) in [5.41, 5.74) is 1.46. The van der Waals surface area contributed by atoms with Crippen molar-refractivity contribution in [3.05, 3.63) is 41.5 Å². The number of carbonyl (C=O) groups excluding carboxylic acids is 3. The van der Waals surface area contributed by atoms with Gasteiger partial charge in [-0.25, -0.2) is 0 Å². The van der Waals surface area contributed by atoms with Gasteiger partial charge in [0, 0.05) is 29.9 Å². The van der Waals surface area contributed by atoms with Gasteiger partial charge in [0.05, 0.1) is 0 Å². The monoisotopic (exact) mass is 260 g/mol. The molecule has 0 aliphatic carbocycles. The molecular weight excluding hydrogens is 244 g/mol. The molecule has 0 saturated heterocycles. The third-order valence-electron chi connectivity index (χ3n) is 2.49. The summed E-state index contributed by atoms with van der Waals surface area (Å²) in [6.07, 6.45) is 1.22. The highest BCUT2D eigenvalue weighted by atomic mass is 16.2. The molecule has 0 atom stereocenters. The number of anilines is 1. The van der Waals surface area contributed by atoms with Crippen molar-refractivity contribution in [2.75, 3.05) is 12.4 Å². The maximum atomic E-state index is 11.6. The molecule has 2 N–H and O–H groups in total. The number of nitrogens with one attached hydrogen (secondary N) is 2. The molecule has 0 bridgehead atoms. The average Bonchev–Trinajstić information content (AvgIpc) is 2.38. The predicted octanol–water partition coefficient (Wildman–Crippen LogP) is 1.52. The third-order valence-corrected chi connectivity index (χ3v) is 2.49. The largest absolute Gasteiger partial charge is 0.355 e. The smallest absolute Gasteiger partial charge is 0.248 e. The van der Waals surface area contributed by atoms with Crippen LogP contribution in [0, 0.1) is 0 Å². The number of likely N-dealkylation sites (N-methyl/N-ethyl adjacent to an activating group) is 1. The summed E-state index contributed by atoms with van der Waals surface area (Å²) in [4.78, 5) is 33.9. The van der Waals surface area contributed by atoms with Gasteiger partial charge in [-0.3, -0.25) is 14.4 Å². The van der Waals surface area contributed by atoms with E-state index in [0.717, 1.165) is 0 Å². The van der Waals surface area contributed by atoms with E-state index in [2.05, 4.69) is 10.6 Å². The molecule has 5 heteroatoms. The fourth-order valence-electron chi connectivity index (χ4n) is 1.43. The first-order valence-electron chi connectivity index (χ1n) is 5.76. The van der Waals surface area contributed by atoms with Crippen molar-refractivity contribution in [1.82, 2.24) is 5.32 Å². The van der Waals surface area contributed by atoms with Crippen LogP contribution in [0.25, 0.3) is 0 Å². The molecule has 0 aliphatic heterocycles. The normalized spacial score (nSPS) is 10.8. The summed E-state index contributed by atoms with van der Waals surface area (Å²) in [5.74, 6) is -0.730. The Labute approximate surface area is 111 Å². The molecule has 0 fully saturated rings. The van der Waals surface area contributed by atoms with Gasteiger partial charge in [0.25, 0.3) is 0 Å². The molecule has 0 spiro atoms. The summed E-state index contributed by atoms with van der Waals surface area (Å²) in [7, 11) is 1.50. The van der Waals surface area contributed by atoms with E-state index in [-0.39, 0.29) is 11.7 Å². The third kappa shape index (κ3) is 4.39. The molecule has 0 aliphatic rings. The van der Waals surface area contributed by atoms with Crippen molar-refractivity contribution in [2.45, 2.75) is 13.8 Å². The lowest BCUT2D eigenvalue weighted by atomic mass is 10.1. The van der Waals surface area contributed by atoms with Crippen molar-refractivity contribution in [3.63, 3.8) is 0 Å². The summed E-state index contributed by atoms with van der Waals surface area (Å²) in [5, 5.41) is 5.04. The molecule has 19 heavy (non-hydrogen) atoms. The van der Waals surface area contributed by atoms with E-state index in [9.17, 15) is 14.4 Å². The quantitative estimate of drug-likeness (QED) is 0.636. The zero-order valence-electron chi connectivity index (χ0n) is 11.1. The van der Waals surface area contributed by atoms with Crippen LogP contribution in [-0.2, 0) is 9.59 Å². The first-order chi connectivity index (χ1) is 8.93. The Balaban J connectivity index is 2.72. The molecule has 5 nitrogen and oxygen atoms in total. The number of ketones is 1. The number of carbonyl (C=O) groups is 3. The lowest BCUT2D eigenvalue weighted by Crippen LogP contribution is -2.20. The van der Waals surface area contributed by atoms with E-state index in [4.69, 9.17) is 0 Å². The number of hydrogen-bond donors (Lipinski definition) is 2. The molecule has 0 radical (unpaired) electrons. The van der Waals surface area contributed by atoms with Gasteiger partial charge in [-0.15, -0.1) is 0 Å². The minimum Gasteiger partial charge on any atom is -0.355 e. The summed E-state index contributed by atoms with van der Waals surface area (Å²) < 4.78 is 0. The second kappa shape index (κ2) is 6.49. The molecule has 1 aromatic rings. The van der Waals surface area contributed by atoms with Crippen LogP contribution in [0.15, 0.2) is 35.9 Å². The topological polar surface area (TPSA) is 75.3 Å². The first-order valence-corrected chi connectivity index (χ1v) is 5.76. The first kappa shape index (κ1) is 14.6. The summed E-state index contributed by atoms with van der Waals surface area (Å²) in [6, 6.07) is 6.54. The van der Waals surface area contributed by atoms with Crippen LogP contribution in [0.4, 0.5) is 5.69 Å². The predicted molar refractivity (Wildman–Crippen MR) is 72.9 cm³/mol. The molecule has 0 saturated carbocycles. The van der Waals surface area contributed by atoms with Crippen LogP contribution >= 0.6 is 0 Å². The van der Waals surface area contributed by atoms with Crippen LogP contribution in [0.3, 0.4) is 0 Å². The van der Waals surface area contributed by atoms with E-state index in [1.54, 1.807) is 31.2 Å². The SMILES string of the molecule is CNC(=O)/C(C)=C\C(=O)Nc1ccc(C(C)=O)cc1. The van der Waals surface area contributed by atoms with Gasteiger partial charge in [0.2, 0.25) is 11.8 Å². The van der Waals surface area contributed by atoms with Gasteiger partial charge in [0.1, 0.15) is 0 Å². The van der Waals surface area contributed by atoms with Gasteiger partial charge in [0.15, 0.2) is 5.78 Å². The second-order valence-electron chi connectivity index (χ2n) is 4.03. The second-order valence-corrected chi connectivity index (χ2v) is 4.03. The minimum absolute atomic E-state index is 0.0340. The maximum Gasteiger partial charge on any atom is 0.248 e. The van der Waals surface area contributed by atoms with Crippen molar-refractivity contribution in [3.8, 4) is 0 Å². The highest BCUT2D eigenvalue weighted by Gasteiger charge is 2.05. The van der Waals surface area contributed by atoms with Crippen molar-refractivity contribution >= 4 is 23.3 Å². The molecule has 0 aromatic heterocycles. The van der Waals surface area contributed by atoms with Crippen LogP contribution in [0.2, 0.25) is 0 Å². The van der Waals surface area contributed by atoms with Crippen molar-refractivity contribution in [2.24, 2.45) is 0 Å². The standard InChI is InChI=1S/C14H16N2O3/c1-9(14(19)15-3)8-13(18)16-12-6-4-11(5-7-12)10(2)17/h4-8H,1-3H3,(H,15,19)(H,16,18)/b9-8-. The molecule has 1 rings (SSSR count). The number of benzene rings is 1. The van der Waals surface area contributed by atoms with Gasteiger partial charge in [-0.05, 0) is 38.1 Å². The molecule has 0 heterocycles. The zero-order chi connectivity index (χ0) is 14.4. The highest BCUT2D eigenvalue weighted by Crippen LogP contribution is 2.10. The van der Waals surface area contributed by atoms with E-state index in [1.165, 1.54) is 20.0 Å². The Hall–Kier alpha value is -2.43. The van der Waals surface area contributed by atoms with Crippen LogP contribution in [-0.4, -0.2) is 24.6 Å². The van der Waals surface area contributed by atoms with Crippen LogP contribution in [0.5, 0.6) is 0 Å².